The first-order valence-electron chi connectivity index (χ1n) is 5.58. The zero-order valence-corrected chi connectivity index (χ0v) is 11.4. The Balaban J connectivity index is 2.14. The van der Waals surface area contributed by atoms with Crippen LogP contribution < -0.4 is 10.6 Å². The van der Waals surface area contributed by atoms with Gasteiger partial charge in [0, 0.05) is 43.3 Å². The molecule has 96 valence electrons. The van der Waals surface area contributed by atoms with Crippen molar-refractivity contribution in [1.82, 2.24) is 10.6 Å². The highest BCUT2D eigenvalue weighted by Gasteiger charge is 2.00. The molecule has 3 nitrogen and oxygen atoms in total. The second-order valence-corrected chi connectivity index (χ2v) is 4.50. The molecule has 2 N–H and O–H groups in total. The fraction of sp³-hybridized carbons (Fsp3) is 0.500. The van der Waals surface area contributed by atoms with Crippen molar-refractivity contribution in [2.24, 2.45) is 0 Å². The number of benzene rings is 1. The second-order valence-electron chi connectivity index (χ2n) is 3.66. The van der Waals surface area contributed by atoms with Crippen molar-refractivity contribution in [2.75, 3.05) is 33.4 Å². The predicted octanol–water partition coefficient (Wildman–Crippen LogP) is 2.32. The maximum atomic E-state index is 6.05. The van der Waals surface area contributed by atoms with Crippen LogP contribution in [0.1, 0.15) is 5.56 Å². The molecule has 1 aromatic carbocycles. The van der Waals surface area contributed by atoms with Gasteiger partial charge in [-0.25, -0.2) is 0 Å². The fourth-order valence-corrected chi connectivity index (χ4v) is 1.84. The minimum atomic E-state index is 0.667. The summed E-state index contributed by atoms with van der Waals surface area (Å²) >= 11 is 11.9. The summed E-state index contributed by atoms with van der Waals surface area (Å²) in [6.07, 6.45) is 0. The summed E-state index contributed by atoms with van der Waals surface area (Å²) in [7, 11) is 1.70. The smallest absolute Gasteiger partial charge is 0.0587 e. The number of hydrogen-bond acceptors (Lipinski definition) is 3. The summed E-state index contributed by atoms with van der Waals surface area (Å²) in [5.41, 5.74) is 1.06. The summed E-state index contributed by atoms with van der Waals surface area (Å²) in [6.45, 7) is 4.17. The zero-order valence-electron chi connectivity index (χ0n) is 9.93. The van der Waals surface area contributed by atoms with Crippen LogP contribution >= 0.6 is 23.2 Å². The second kappa shape index (κ2) is 8.72. The Hall–Kier alpha value is -0.320. The molecule has 0 spiro atoms. The van der Waals surface area contributed by atoms with Crippen LogP contribution in [-0.2, 0) is 11.3 Å². The van der Waals surface area contributed by atoms with Crippen LogP contribution in [0.25, 0.3) is 0 Å². The molecule has 0 aliphatic carbocycles. The third kappa shape index (κ3) is 6.24. The van der Waals surface area contributed by atoms with Gasteiger partial charge in [-0.15, -0.1) is 0 Å². The molecule has 0 unspecified atom stereocenters. The molecular formula is C12H18Cl2N2O. The van der Waals surface area contributed by atoms with Crippen molar-refractivity contribution in [3.8, 4) is 0 Å². The highest BCUT2D eigenvalue weighted by molar-refractivity contribution is 6.35. The van der Waals surface area contributed by atoms with Gasteiger partial charge in [-0.05, 0) is 17.7 Å². The van der Waals surface area contributed by atoms with Crippen molar-refractivity contribution in [3.05, 3.63) is 33.8 Å². The molecule has 0 saturated carbocycles. The van der Waals surface area contributed by atoms with Gasteiger partial charge < -0.3 is 15.4 Å². The van der Waals surface area contributed by atoms with Crippen LogP contribution in [0.2, 0.25) is 10.0 Å². The molecule has 0 amide bonds. The molecule has 5 heteroatoms. The van der Waals surface area contributed by atoms with Crippen molar-refractivity contribution in [3.63, 3.8) is 0 Å². The molecular weight excluding hydrogens is 259 g/mol. The van der Waals surface area contributed by atoms with Crippen LogP contribution in [-0.4, -0.2) is 33.4 Å². The molecule has 17 heavy (non-hydrogen) atoms. The van der Waals surface area contributed by atoms with Crippen molar-refractivity contribution in [2.45, 2.75) is 6.54 Å². The molecule has 1 rings (SSSR count). The molecule has 0 aliphatic rings. The number of halogens is 2. The van der Waals surface area contributed by atoms with Crippen LogP contribution in [0.15, 0.2) is 18.2 Å². The molecule has 0 heterocycles. The minimum absolute atomic E-state index is 0.667. The Morgan fingerprint density at radius 3 is 2.59 bits per heavy atom. The Bertz CT molecular complexity index is 334. The van der Waals surface area contributed by atoms with Crippen LogP contribution in [0.3, 0.4) is 0 Å². The van der Waals surface area contributed by atoms with Crippen LogP contribution in [0.5, 0.6) is 0 Å². The summed E-state index contributed by atoms with van der Waals surface area (Å²) in [4.78, 5) is 0. The van der Waals surface area contributed by atoms with Gasteiger partial charge in [-0.3, -0.25) is 0 Å². The molecule has 0 fully saturated rings. The standard InChI is InChI=1S/C12H18Cl2N2O/c1-17-7-6-15-4-5-16-9-10-2-3-11(13)8-12(10)14/h2-3,8,15-16H,4-7,9H2,1H3. The summed E-state index contributed by atoms with van der Waals surface area (Å²) in [5.74, 6) is 0. The first-order chi connectivity index (χ1) is 8.24. The Kier molecular flexibility index (Phi) is 7.56. The normalized spacial score (nSPS) is 10.8. The zero-order chi connectivity index (χ0) is 12.5. The molecule has 0 saturated heterocycles. The SMILES string of the molecule is COCCNCCNCc1ccc(Cl)cc1Cl. The minimum Gasteiger partial charge on any atom is -0.383 e. The Labute approximate surface area is 112 Å². The van der Waals surface area contributed by atoms with E-state index >= 15 is 0 Å². The van der Waals surface area contributed by atoms with Crippen LogP contribution in [0, 0.1) is 0 Å². The van der Waals surface area contributed by atoms with Gasteiger partial charge in [0.25, 0.3) is 0 Å². The highest BCUT2D eigenvalue weighted by atomic mass is 35.5. The lowest BCUT2D eigenvalue weighted by Crippen LogP contribution is -2.29. The van der Waals surface area contributed by atoms with Gasteiger partial charge in [-0.2, -0.15) is 0 Å². The van der Waals surface area contributed by atoms with Gasteiger partial charge in [-0.1, -0.05) is 29.3 Å². The lowest BCUT2D eigenvalue weighted by molar-refractivity contribution is 0.199. The first kappa shape index (κ1) is 14.7. The average molecular weight is 277 g/mol. The topological polar surface area (TPSA) is 33.3 Å². The van der Waals surface area contributed by atoms with Gasteiger partial charge in [0.05, 0.1) is 6.61 Å². The molecule has 0 radical (unpaired) electrons. The number of hydrogen-bond donors (Lipinski definition) is 2. The summed E-state index contributed by atoms with van der Waals surface area (Å²) < 4.78 is 4.93. The number of rotatable bonds is 8. The molecule has 0 aromatic heterocycles. The van der Waals surface area contributed by atoms with Gasteiger partial charge in [0.1, 0.15) is 0 Å². The highest BCUT2D eigenvalue weighted by Crippen LogP contribution is 2.20. The van der Waals surface area contributed by atoms with E-state index < -0.39 is 0 Å². The van der Waals surface area contributed by atoms with Crippen molar-refractivity contribution >= 4 is 23.2 Å². The number of nitrogens with one attached hydrogen (secondary N) is 2. The van der Waals surface area contributed by atoms with Crippen molar-refractivity contribution < 1.29 is 4.74 Å². The van der Waals surface area contributed by atoms with E-state index in [4.69, 9.17) is 27.9 Å². The fourth-order valence-electron chi connectivity index (χ4n) is 1.36. The third-order valence-electron chi connectivity index (χ3n) is 2.29. The molecule has 0 aliphatic heterocycles. The van der Waals surface area contributed by atoms with Gasteiger partial charge in [0.2, 0.25) is 0 Å². The van der Waals surface area contributed by atoms with E-state index in [1.807, 2.05) is 12.1 Å². The molecule has 1 aromatic rings. The van der Waals surface area contributed by atoms with E-state index in [9.17, 15) is 0 Å². The van der Waals surface area contributed by atoms with E-state index in [2.05, 4.69) is 10.6 Å². The maximum Gasteiger partial charge on any atom is 0.0587 e. The number of ether oxygens (including phenoxy) is 1. The van der Waals surface area contributed by atoms with Crippen molar-refractivity contribution in [1.29, 1.82) is 0 Å². The number of methoxy groups -OCH3 is 1. The quantitative estimate of drug-likeness (QED) is 0.715. The van der Waals surface area contributed by atoms with E-state index in [1.54, 1.807) is 13.2 Å². The van der Waals surface area contributed by atoms with Crippen LogP contribution in [0.4, 0.5) is 0 Å². The first-order valence-corrected chi connectivity index (χ1v) is 6.34. The van der Waals surface area contributed by atoms with Gasteiger partial charge in [0.15, 0.2) is 0 Å². The molecule has 0 bridgehead atoms. The summed E-state index contributed by atoms with van der Waals surface area (Å²) in [6, 6.07) is 5.55. The van der Waals surface area contributed by atoms with Gasteiger partial charge >= 0.3 is 0 Å². The largest absolute Gasteiger partial charge is 0.383 e. The monoisotopic (exact) mass is 276 g/mol. The van der Waals surface area contributed by atoms with E-state index in [-0.39, 0.29) is 0 Å². The lowest BCUT2D eigenvalue weighted by Gasteiger charge is -2.08. The maximum absolute atomic E-state index is 6.05. The summed E-state index contributed by atoms with van der Waals surface area (Å²) in [5, 5.41) is 7.94. The Morgan fingerprint density at radius 2 is 1.88 bits per heavy atom. The average Bonchev–Trinajstić information content (AvgIpc) is 2.30. The predicted molar refractivity (Wildman–Crippen MR) is 72.9 cm³/mol. The van der Waals surface area contributed by atoms with E-state index in [0.717, 1.165) is 38.3 Å². The molecule has 0 atom stereocenters. The third-order valence-corrected chi connectivity index (χ3v) is 2.88. The van der Waals surface area contributed by atoms with E-state index in [1.165, 1.54) is 0 Å². The lowest BCUT2D eigenvalue weighted by atomic mass is 10.2. The van der Waals surface area contributed by atoms with E-state index in [0.29, 0.717) is 10.0 Å². The Morgan fingerprint density at radius 1 is 1.12 bits per heavy atom.